The van der Waals surface area contributed by atoms with Gasteiger partial charge in [-0.2, -0.15) is 5.26 Å². The summed E-state index contributed by atoms with van der Waals surface area (Å²) in [5, 5.41) is 18.7. The van der Waals surface area contributed by atoms with E-state index in [-0.39, 0.29) is 13.0 Å². The fourth-order valence-corrected chi connectivity index (χ4v) is 2.14. The molecule has 0 amide bonds. The number of rotatable bonds is 1. The summed E-state index contributed by atoms with van der Waals surface area (Å²) in [7, 11) is 0. The highest BCUT2D eigenvalue weighted by molar-refractivity contribution is 5.68. The van der Waals surface area contributed by atoms with Crippen LogP contribution in [0.4, 0.5) is 5.82 Å². The minimum atomic E-state index is 0. The molecule has 116 valence electrons. The summed E-state index contributed by atoms with van der Waals surface area (Å²) >= 11 is 0. The largest absolute Gasteiger partial charge is 0.508 e. The molecule has 0 saturated heterocycles. The second-order valence-corrected chi connectivity index (χ2v) is 4.95. The van der Waals surface area contributed by atoms with Crippen LogP contribution in [0.1, 0.15) is 18.2 Å². The van der Waals surface area contributed by atoms with Gasteiger partial charge >= 0.3 is 0 Å². The summed E-state index contributed by atoms with van der Waals surface area (Å²) in [4.78, 5) is 8.53. The molecule has 3 rings (SSSR count). The highest BCUT2D eigenvalue weighted by Gasteiger charge is 2.08. The minimum Gasteiger partial charge on any atom is -0.508 e. The van der Waals surface area contributed by atoms with E-state index in [9.17, 15) is 10.4 Å². The zero-order valence-corrected chi connectivity index (χ0v) is 12.6. The van der Waals surface area contributed by atoms with Crippen molar-refractivity contribution in [3.8, 4) is 34.9 Å². The van der Waals surface area contributed by atoms with Gasteiger partial charge in [0.2, 0.25) is 0 Å². The van der Waals surface area contributed by atoms with E-state index < -0.39 is 0 Å². The van der Waals surface area contributed by atoms with Gasteiger partial charge < -0.3 is 10.8 Å². The van der Waals surface area contributed by atoms with Crippen molar-refractivity contribution in [3.05, 3.63) is 71.5 Å². The molecule has 3 aromatic rings. The molecule has 0 fully saturated rings. The third-order valence-electron chi connectivity index (χ3n) is 3.30. The van der Waals surface area contributed by atoms with Gasteiger partial charge in [0.25, 0.3) is 0 Å². The van der Waals surface area contributed by atoms with E-state index in [4.69, 9.17) is 5.73 Å². The maximum absolute atomic E-state index is 9.46. The van der Waals surface area contributed by atoms with Crippen molar-refractivity contribution in [2.45, 2.75) is 0 Å². The van der Waals surface area contributed by atoms with Crippen LogP contribution in [-0.4, -0.2) is 15.1 Å². The van der Waals surface area contributed by atoms with E-state index in [1.54, 1.807) is 42.5 Å². The molecule has 0 aliphatic carbocycles. The zero-order valence-electron chi connectivity index (χ0n) is 12.6. The predicted molar refractivity (Wildman–Crippen MR) is 92.8 cm³/mol. The number of nitrogens with zero attached hydrogens (tertiary/aromatic N) is 3. The van der Waals surface area contributed by atoms with Gasteiger partial charge in [0.05, 0.1) is 23.5 Å². The van der Waals surface area contributed by atoms with Gasteiger partial charge in [-0.15, -0.1) is 0 Å². The molecule has 1 aromatic heterocycles. The summed E-state index contributed by atoms with van der Waals surface area (Å²) in [6.45, 7) is 0. The lowest BCUT2D eigenvalue weighted by atomic mass is 10.1. The van der Waals surface area contributed by atoms with Crippen LogP contribution in [0.3, 0.4) is 0 Å². The van der Waals surface area contributed by atoms with Crippen molar-refractivity contribution in [2.24, 2.45) is 0 Å². The average molecular weight is 314 g/mol. The lowest BCUT2D eigenvalue weighted by Gasteiger charge is -2.04. The number of phenolic OH excluding ortho intramolecular Hbond substituents is 1. The first-order valence-electron chi connectivity index (χ1n) is 7.10. The first-order chi connectivity index (χ1) is 11.7. The third kappa shape index (κ3) is 3.16. The van der Waals surface area contributed by atoms with Gasteiger partial charge in [0, 0.05) is 12.6 Å². The Morgan fingerprint density at radius 1 is 1.08 bits per heavy atom. The number of nitrogens with two attached hydrogens (primary N) is 1. The molecule has 5 heteroatoms. The van der Waals surface area contributed by atoms with E-state index in [0.29, 0.717) is 28.1 Å². The molecule has 0 aliphatic rings. The normalized spacial score (nSPS) is 9.62. The first-order valence-corrected chi connectivity index (χ1v) is 7.10. The summed E-state index contributed by atoms with van der Waals surface area (Å²) in [6, 6.07) is 15.8. The molecule has 24 heavy (non-hydrogen) atoms. The maximum atomic E-state index is 9.46. The zero-order chi connectivity index (χ0) is 16.9. The molecule has 0 unspecified atom stereocenters. The number of nitrogen functional groups attached to an aromatic ring is 1. The standard InChI is InChI=1S/C19H12N4O.H2/c20-11-14-5-1-2-7-16(14)18-12-22-19(21)17(23-18)9-8-13-4-3-6-15(24)10-13;/h1-7,10,12,24H,(H2,21,22);1H. The monoisotopic (exact) mass is 314 g/mol. The van der Waals surface area contributed by atoms with Crippen LogP contribution >= 0.6 is 0 Å². The lowest BCUT2D eigenvalue weighted by molar-refractivity contribution is 0.475. The molecule has 0 atom stereocenters. The minimum absolute atomic E-state index is 0. The van der Waals surface area contributed by atoms with Crippen molar-refractivity contribution >= 4 is 5.82 Å². The summed E-state index contributed by atoms with van der Waals surface area (Å²) < 4.78 is 0. The number of anilines is 1. The van der Waals surface area contributed by atoms with Crippen molar-refractivity contribution in [1.82, 2.24) is 9.97 Å². The fourth-order valence-electron chi connectivity index (χ4n) is 2.14. The topological polar surface area (TPSA) is 95.8 Å². The van der Waals surface area contributed by atoms with Gasteiger partial charge in [0.15, 0.2) is 11.5 Å². The Kier molecular flexibility index (Phi) is 4.09. The van der Waals surface area contributed by atoms with Crippen LogP contribution in [0.2, 0.25) is 0 Å². The van der Waals surface area contributed by atoms with Gasteiger partial charge in [-0.25, -0.2) is 9.97 Å². The molecule has 0 radical (unpaired) electrons. The van der Waals surface area contributed by atoms with E-state index in [0.717, 1.165) is 0 Å². The average Bonchev–Trinajstić information content (AvgIpc) is 2.61. The summed E-state index contributed by atoms with van der Waals surface area (Å²) in [5.41, 5.74) is 8.51. The summed E-state index contributed by atoms with van der Waals surface area (Å²) in [6.07, 6.45) is 1.52. The Morgan fingerprint density at radius 2 is 1.92 bits per heavy atom. The summed E-state index contributed by atoms with van der Waals surface area (Å²) in [5.74, 6) is 6.10. The quantitative estimate of drug-likeness (QED) is 0.673. The van der Waals surface area contributed by atoms with Crippen LogP contribution in [-0.2, 0) is 0 Å². The van der Waals surface area contributed by atoms with Gasteiger partial charge in [-0.3, -0.25) is 0 Å². The van der Waals surface area contributed by atoms with Crippen molar-refractivity contribution in [3.63, 3.8) is 0 Å². The second kappa shape index (κ2) is 6.51. The van der Waals surface area contributed by atoms with Crippen LogP contribution in [0.25, 0.3) is 11.3 Å². The lowest BCUT2D eigenvalue weighted by Crippen LogP contribution is -2.00. The number of aromatic hydroxyl groups is 1. The highest BCUT2D eigenvalue weighted by atomic mass is 16.3. The number of hydrogen-bond acceptors (Lipinski definition) is 5. The number of nitriles is 1. The number of phenols is 1. The van der Waals surface area contributed by atoms with Crippen molar-refractivity contribution in [1.29, 1.82) is 5.26 Å². The third-order valence-corrected chi connectivity index (χ3v) is 3.30. The SMILES string of the molecule is N#Cc1ccccc1-c1cnc(N)c(C#Cc2cccc(O)c2)n1.[HH]. The number of hydrogen-bond donors (Lipinski definition) is 2. The maximum Gasteiger partial charge on any atom is 0.158 e. The van der Waals surface area contributed by atoms with E-state index in [2.05, 4.69) is 27.9 Å². The Hall–Kier alpha value is -3.83. The Balaban J connectivity index is 0.00000225. The predicted octanol–water partition coefficient (Wildman–Crippen LogP) is 2.95. The Morgan fingerprint density at radius 3 is 2.71 bits per heavy atom. The molecule has 0 bridgehead atoms. The van der Waals surface area contributed by atoms with Crippen LogP contribution in [0, 0.1) is 23.2 Å². The molecular formula is C19H14N4O. The fraction of sp³-hybridized carbons (Fsp3) is 0. The van der Waals surface area contributed by atoms with Gasteiger partial charge in [0.1, 0.15) is 5.75 Å². The molecular weight excluding hydrogens is 300 g/mol. The molecule has 0 aliphatic heterocycles. The van der Waals surface area contributed by atoms with E-state index in [1.165, 1.54) is 6.20 Å². The highest BCUT2D eigenvalue weighted by Crippen LogP contribution is 2.22. The Bertz CT molecular complexity index is 1020. The second-order valence-electron chi connectivity index (χ2n) is 4.95. The van der Waals surface area contributed by atoms with E-state index in [1.807, 2.05) is 6.07 Å². The smallest absolute Gasteiger partial charge is 0.158 e. The van der Waals surface area contributed by atoms with Crippen molar-refractivity contribution in [2.75, 3.05) is 5.73 Å². The molecule has 3 N–H and O–H groups in total. The molecule has 0 spiro atoms. The Labute approximate surface area is 140 Å². The number of aromatic nitrogens is 2. The molecule has 5 nitrogen and oxygen atoms in total. The van der Waals surface area contributed by atoms with Gasteiger partial charge in [-0.05, 0) is 30.2 Å². The van der Waals surface area contributed by atoms with Gasteiger partial charge in [-0.1, -0.05) is 30.2 Å². The number of benzene rings is 2. The van der Waals surface area contributed by atoms with E-state index >= 15 is 0 Å². The molecule has 2 aromatic carbocycles. The van der Waals surface area contributed by atoms with Crippen LogP contribution in [0.15, 0.2) is 54.7 Å². The molecule has 0 saturated carbocycles. The van der Waals surface area contributed by atoms with Crippen molar-refractivity contribution < 1.29 is 6.53 Å². The molecule has 1 heterocycles. The van der Waals surface area contributed by atoms with Crippen LogP contribution < -0.4 is 5.73 Å². The first kappa shape index (κ1) is 15.1. The van der Waals surface area contributed by atoms with Crippen LogP contribution in [0.5, 0.6) is 5.75 Å².